The van der Waals surface area contributed by atoms with Crippen molar-refractivity contribution in [2.24, 2.45) is 5.92 Å². The van der Waals surface area contributed by atoms with Crippen molar-refractivity contribution in [3.63, 3.8) is 0 Å². The number of sulfonamides is 1. The predicted molar refractivity (Wildman–Crippen MR) is 92.0 cm³/mol. The maximum atomic E-state index is 12.6. The van der Waals surface area contributed by atoms with Crippen molar-refractivity contribution in [2.75, 3.05) is 40.3 Å². The Bertz CT molecular complexity index is 599. The SMILES string of the molecule is CN(C)CCCNC(=O)C1CCCN(S(=O)(=O)c2cccs2)C1. The van der Waals surface area contributed by atoms with Gasteiger partial charge in [0.2, 0.25) is 5.91 Å². The minimum Gasteiger partial charge on any atom is -0.356 e. The zero-order chi connectivity index (χ0) is 16.9. The Kier molecular flexibility index (Phi) is 6.58. The molecule has 1 aliphatic rings. The fourth-order valence-corrected chi connectivity index (χ4v) is 5.33. The molecule has 1 N–H and O–H groups in total. The molecule has 1 amide bonds. The van der Waals surface area contributed by atoms with E-state index >= 15 is 0 Å². The van der Waals surface area contributed by atoms with E-state index in [0.29, 0.717) is 17.3 Å². The number of piperidine rings is 1. The number of thiophene rings is 1. The highest BCUT2D eigenvalue weighted by Crippen LogP contribution is 2.26. The fraction of sp³-hybridized carbons (Fsp3) is 0.667. The van der Waals surface area contributed by atoms with E-state index in [-0.39, 0.29) is 18.4 Å². The molecule has 8 heteroatoms. The lowest BCUT2D eigenvalue weighted by Gasteiger charge is -2.30. The van der Waals surface area contributed by atoms with Crippen molar-refractivity contribution in [3.8, 4) is 0 Å². The molecule has 0 aromatic carbocycles. The molecule has 0 saturated carbocycles. The van der Waals surface area contributed by atoms with E-state index in [1.54, 1.807) is 17.5 Å². The lowest BCUT2D eigenvalue weighted by atomic mass is 9.99. The van der Waals surface area contributed by atoms with Gasteiger partial charge in [0.05, 0.1) is 5.92 Å². The summed E-state index contributed by atoms with van der Waals surface area (Å²) in [6.45, 7) is 2.32. The molecule has 130 valence electrons. The minimum atomic E-state index is -3.46. The first kappa shape index (κ1) is 18.4. The van der Waals surface area contributed by atoms with Crippen LogP contribution in [0.3, 0.4) is 0 Å². The van der Waals surface area contributed by atoms with Crippen LogP contribution in [0.2, 0.25) is 0 Å². The lowest BCUT2D eigenvalue weighted by molar-refractivity contribution is -0.126. The van der Waals surface area contributed by atoms with Crippen molar-refractivity contribution >= 4 is 27.3 Å². The smallest absolute Gasteiger partial charge is 0.252 e. The summed E-state index contributed by atoms with van der Waals surface area (Å²) in [4.78, 5) is 14.3. The van der Waals surface area contributed by atoms with Gasteiger partial charge in [-0.1, -0.05) is 6.07 Å². The molecule has 1 aliphatic heterocycles. The molecule has 1 saturated heterocycles. The fourth-order valence-electron chi connectivity index (χ4n) is 2.66. The van der Waals surface area contributed by atoms with Crippen LogP contribution in [0.4, 0.5) is 0 Å². The lowest BCUT2D eigenvalue weighted by Crippen LogP contribution is -2.45. The average molecular weight is 360 g/mol. The molecule has 1 aromatic rings. The van der Waals surface area contributed by atoms with E-state index in [2.05, 4.69) is 10.2 Å². The Morgan fingerprint density at radius 1 is 1.48 bits per heavy atom. The summed E-state index contributed by atoms with van der Waals surface area (Å²) in [5, 5.41) is 4.69. The van der Waals surface area contributed by atoms with Gasteiger partial charge in [-0.2, -0.15) is 4.31 Å². The maximum Gasteiger partial charge on any atom is 0.252 e. The number of nitrogens with one attached hydrogen (secondary N) is 1. The van der Waals surface area contributed by atoms with Gasteiger partial charge in [-0.25, -0.2) is 8.42 Å². The largest absolute Gasteiger partial charge is 0.356 e. The van der Waals surface area contributed by atoms with Gasteiger partial charge in [-0.05, 0) is 51.3 Å². The Labute approximate surface area is 142 Å². The molecule has 2 heterocycles. The number of nitrogens with zero attached hydrogens (tertiary/aromatic N) is 2. The highest BCUT2D eigenvalue weighted by atomic mass is 32.2. The van der Waals surface area contributed by atoms with Gasteiger partial charge in [0, 0.05) is 19.6 Å². The summed E-state index contributed by atoms with van der Waals surface area (Å²) in [5.41, 5.74) is 0. The number of amides is 1. The molecule has 1 atom stereocenters. The van der Waals surface area contributed by atoms with E-state index in [4.69, 9.17) is 0 Å². The van der Waals surface area contributed by atoms with Crippen molar-refractivity contribution < 1.29 is 13.2 Å². The van der Waals surface area contributed by atoms with Crippen LogP contribution in [0, 0.1) is 5.92 Å². The van der Waals surface area contributed by atoms with Crippen LogP contribution in [0.25, 0.3) is 0 Å². The second-order valence-corrected chi connectivity index (χ2v) is 9.19. The van der Waals surface area contributed by atoms with Gasteiger partial charge in [0.15, 0.2) is 0 Å². The topological polar surface area (TPSA) is 69.7 Å². The van der Waals surface area contributed by atoms with Gasteiger partial charge in [-0.3, -0.25) is 4.79 Å². The van der Waals surface area contributed by atoms with Crippen molar-refractivity contribution in [1.29, 1.82) is 0 Å². The Morgan fingerprint density at radius 2 is 2.26 bits per heavy atom. The van der Waals surface area contributed by atoms with Crippen LogP contribution < -0.4 is 5.32 Å². The van der Waals surface area contributed by atoms with Crippen LogP contribution >= 0.6 is 11.3 Å². The Morgan fingerprint density at radius 3 is 2.91 bits per heavy atom. The molecule has 6 nitrogen and oxygen atoms in total. The predicted octanol–water partition coefficient (Wildman–Crippen LogP) is 1.22. The van der Waals surface area contributed by atoms with Crippen LogP contribution in [-0.2, 0) is 14.8 Å². The van der Waals surface area contributed by atoms with Crippen molar-refractivity contribution in [1.82, 2.24) is 14.5 Å². The van der Waals surface area contributed by atoms with Crippen LogP contribution in [0.15, 0.2) is 21.7 Å². The van der Waals surface area contributed by atoms with Gasteiger partial charge >= 0.3 is 0 Å². The van der Waals surface area contributed by atoms with Crippen molar-refractivity contribution in [2.45, 2.75) is 23.5 Å². The van der Waals surface area contributed by atoms with Gasteiger partial charge in [0.1, 0.15) is 4.21 Å². The second kappa shape index (κ2) is 8.23. The Hall–Kier alpha value is -0.960. The van der Waals surface area contributed by atoms with Gasteiger partial charge < -0.3 is 10.2 Å². The molecule has 1 fully saturated rings. The first-order valence-electron chi connectivity index (χ1n) is 7.87. The van der Waals surface area contributed by atoms with E-state index < -0.39 is 10.0 Å². The third-order valence-corrected chi connectivity index (χ3v) is 7.16. The highest BCUT2D eigenvalue weighted by molar-refractivity contribution is 7.91. The summed E-state index contributed by atoms with van der Waals surface area (Å²) in [6, 6.07) is 3.35. The molecule has 0 bridgehead atoms. The normalized spacial score (nSPS) is 19.9. The summed E-state index contributed by atoms with van der Waals surface area (Å²) in [5.74, 6) is -0.285. The molecule has 23 heavy (non-hydrogen) atoms. The van der Waals surface area contributed by atoms with E-state index in [1.807, 2.05) is 14.1 Å². The molecule has 0 aliphatic carbocycles. The number of hydrogen-bond donors (Lipinski definition) is 1. The van der Waals surface area contributed by atoms with Crippen LogP contribution in [0.1, 0.15) is 19.3 Å². The standard InChI is InChI=1S/C15H25N3O3S2/c1-17(2)9-5-8-16-15(19)13-6-3-10-18(12-13)23(20,21)14-7-4-11-22-14/h4,7,11,13H,3,5-6,8-10,12H2,1-2H3,(H,16,19). The Balaban J connectivity index is 1.89. The van der Waals surface area contributed by atoms with E-state index in [9.17, 15) is 13.2 Å². The molecule has 1 aromatic heterocycles. The number of carbonyl (C=O) groups excluding carboxylic acids is 1. The first-order valence-corrected chi connectivity index (χ1v) is 10.2. The van der Waals surface area contributed by atoms with Crippen LogP contribution in [-0.4, -0.2) is 63.8 Å². The summed E-state index contributed by atoms with van der Waals surface area (Å²) >= 11 is 1.22. The zero-order valence-electron chi connectivity index (χ0n) is 13.7. The van der Waals surface area contributed by atoms with Gasteiger partial charge in [0.25, 0.3) is 10.0 Å². The molecule has 0 radical (unpaired) electrons. The monoisotopic (exact) mass is 359 g/mol. The maximum absolute atomic E-state index is 12.6. The summed E-state index contributed by atoms with van der Waals surface area (Å²) in [6.07, 6.45) is 2.36. The van der Waals surface area contributed by atoms with Crippen LogP contribution in [0.5, 0.6) is 0 Å². The molecule has 2 rings (SSSR count). The minimum absolute atomic E-state index is 0.0326. The molecule has 1 unspecified atom stereocenters. The number of hydrogen-bond acceptors (Lipinski definition) is 5. The third-order valence-electron chi connectivity index (χ3n) is 3.93. The summed E-state index contributed by atoms with van der Waals surface area (Å²) < 4.78 is 26.9. The van der Waals surface area contributed by atoms with E-state index in [0.717, 1.165) is 25.8 Å². The first-order chi connectivity index (χ1) is 10.9. The summed E-state index contributed by atoms with van der Waals surface area (Å²) in [7, 11) is 0.536. The molecule has 0 spiro atoms. The van der Waals surface area contributed by atoms with Gasteiger partial charge in [-0.15, -0.1) is 11.3 Å². The molecular formula is C15H25N3O3S2. The third kappa shape index (κ3) is 5.00. The van der Waals surface area contributed by atoms with E-state index in [1.165, 1.54) is 15.6 Å². The number of carbonyl (C=O) groups is 1. The second-order valence-electron chi connectivity index (χ2n) is 6.08. The zero-order valence-corrected chi connectivity index (χ0v) is 15.3. The van der Waals surface area contributed by atoms with Crippen molar-refractivity contribution in [3.05, 3.63) is 17.5 Å². The molecular weight excluding hydrogens is 334 g/mol. The number of rotatable bonds is 7. The average Bonchev–Trinajstić information content (AvgIpc) is 3.06. The quantitative estimate of drug-likeness (QED) is 0.743. The highest BCUT2D eigenvalue weighted by Gasteiger charge is 2.33.